The first-order valence-electron chi connectivity index (χ1n) is 9.44. The van der Waals surface area contributed by atoms with E-state index in [2.05, 4.69) is 15.2 Å². The number of anilines is 2. The number of hydrogen-bond donors (Lipinski definition) is 2. The number of amides is 1. The van der Waals surface area contributed by atoms with Crippen LogP contribution in [0.5, 0.6) is 0 Å². The van der Waals surface area contributed by atoms with Crippen molar-refractivity contribution in [1.82, 2.24) is 4.98 Å². The average Bonchev–Trinajstić information content (AvgIpc) is 2.70. The lowest BCUT2D eigenvalue weighted by Crippen LogP contribution is -2.36. The first-order chi connectivity index (χ1) is 13.6. The fourth-order valence-corrected chi connectivity index (χ4v) is 3.47. The van der Waals surface area contributed by atoms with E-state index in [1.54, 1.807) is 6.92 Å². The minimum atomic E-state index is -0.0851. The van der Waals surface area contributed by atoms with Gasteiger partial charge in [0.2, 0.25) is 5.91 Å². The van der Waals surface area contributed by atoms with Gasteiger partial charge >= 0.3 is 0 Å². The van der Waals surface area contributed by atoms with Crippen LogP contribution in [0.1, 0.15) is 11.1 Å². The molecule has 2 N–H and O–H groups in total. The number of nitrogens with zero attached hydrogens (tertiary/aromatic N) is 1. The summed E-state index contributed by atoms with van der Waals surface area (Å²) < 4.78 is 5.40. The lowest BCUT2D eigenvalue weighted by atomic mass is 10.1. The molecule has 1 aliphatic rings. The van der Waals surface area contributed by atoms with Crippen LogP contribution in [-0.2, 0) is 16.0 Å². The van der Waals surface area contributed by atoms with Crippen molar-refractivity contribution in [1.29, 1.82) is 0 Å². The zero-order chi connectivity index (χ0) is 19.5. The SMILES string of the molecule is Cc1cc2cc(CC(=O)Nc3cccc(N4CCOCC4)c3)ccc2[nH]c1=O. The molecule has 1 fully saturated rings. The highest BCUT2D eigenvalue weighted by molar-refractivity contribution is 5.93. The minimum absolute atomic E-state index is 0.0698. The summed E-state index contributed by atoms with van der Waals surface area (Å²) in [5, 5.41) is 3.91. The molecule has 144 valence electrons. The molecule has 0 unspecified atom stereocenters. The van der Waals surface area contributed by atoms with Crippen molar-refractivity contribution < 1.29 is 9.53 Å². The summed E-state index contributed by atoms with van der Waals surface area (Å²) in [5.74, 6) is -0.0698. The molecule has 0 aliphatic carbocycles. The van der Waals surface area contributed by atoms with Gasteiger partial charge < -0.3 is 19.9 Å². The number of nitrogens with one attached hydrogen (secondary N) is 2. The van der Waals surface area contributed by atoms with E-state index in [1.807, 2.05) is 48.5 Å². The first-order valence-corrected chi connectivity index (χ1v) is 9.44. The van der Waals surface area contributed by atoms with Gasteiger partial charge in [0, 0.05) is 35.5 Å². The van der Waals surface area contributed by atoms with E-state index < -0.39 is 0 Å². The zero-order valence-electron chi connectivity index (χ0n) is 15.8. The molecule has 6 heteroatoms. The van der Waals surface area contributed by atoms with Crippen molar-refractivity contribution in [2.45, 2.75) is 13.3 Å². The van der Waals surface area contributed by atoms with Gasteiger partial charge in [-0.05, 0) is 54.3 Å². The zero-order valence-corrected chi connectivity index (χ0v) is 15.8. The van der Waals surface area contributed by atoms with Crippen molar-refractivity contribution in [3.05, 3.63) is 70.0 Å². The average molecular weight is 377 g/mol. The van der Waals surface area contributed by atoms with E-state index in [4.69, 9.17) is 4.74 Å². The molecule has 1 amide bonds. The van der Waals surface area contributed by atoms with E-state index in [1.165, 1.54) is 0 Å². The number of benzene rings is 2. The Bertz CT molecular complexity index is 1070. The predicted octanol–water partition coefficient (Wildman–Crippen LogP) is 2.85. The summed E-state index contributed by atoms with van der Waals surface area (Å²) in [4.78, 5) is 29.3. The van der Waals surface area contributed by atoms with Crippen LogP contribution in [0.3, 0.4) is 0 Å². The number of aryl methyl sites for hydroxylation is 1. The number of H-pyrrole nitrogens is 1. The van der Waals surface area contributed by atoms with Crippen LogP contribution in [0.2, 0.25) is 0 Å². The second-order valence-electron chi connectivity index (χ2n) is 7.08. The summed E-state index contributed by atoms with van der Waals surface area (Å²) in [6.45, 7) is 4.94. The van der Waals surface area contributed by atoms with E-state index in [9.17, 15) is 9.59 Å². The lowest BCUT2D eigenvalue weighted by molar-refractivity contribution is -0.115. The predicted molar refractivity (Wildman–Crippen MR) is 111 cm³/mol. The van der Waals surface area contributed by atoms with Gasteiger partial charge in [-0.3, -0.25) is 9.59 Å². The second kappa shape index (κ2) is 7.86. The normalized spacial score (nSPS) is 14.2. The van der Waals surface area contributed by atoms with Crippen LogP contribution >= 0.6 is 0 Å². The van der Waals surface area contributed by atoms with Crippen LogP contribution in [0.15, 0.2) is 53.3 Å². The Morgan fingerprint density at radius 3 is 2.79 bits per heavy atom. The number of carbonyl (C=O) groups is 1. The molecule has 0 bridgehead atoms. The Labute approximate surface area is 163 Å². The van der Waals surface area contributed by atoms with Crippen LogP contribution in [-0.4, -0.2) is 37.2 Å². The molecule has 0 saturated carbocycles. The highest BCUT2D eigenvalue weighted by Gasteiger charge is 2.12. The Kier molecular flexibility index (Phi) is 5.12. The fourth-order valence-electron chi connectivity index (χ4n) is 3.47. The van der Waals surface area contributed by atoms with Gasteiger partial charge in [-0.15, -0.1) is 0 Å². The third-order valence-corrected chi connectivity index (χ3v) is 4.97. The molecule has 28 heavy (non-hydrogen) atoms. The van der Waals surface area contributed by atoms with Crippen LogP contribution in [0.25, 0.3) is 10.9 Å². The molecule has 1 aliphatic heterocycles. The molecular formula is C22H23N3O3. The third-order valence-electron chi connectivity index (χ3n) is 4.97. The molecular weight excluding hydrogens is 354 g/mol. The number of aromatic amines is 1. The summed E-state index contributed by atoms with van der Waals surface area (Å²) in [6.07, 6.45) is 0.274. The molecule has 0 spiro atoms. The van der Waals surface area contributed by atoms with Crippen molar-refractivity contribution in [3.8, 4) is 0 Å². The number of ether oxygens (including phenoxy) is 1. The van der Waals surface area contributed by atoms with E-state index in [0.717, 1.165) is 54.1 Å². The molecule has 0 atom stereocenters. The highest BCUT2D eigenvalue weighted by Crippen LogP contribution is 2.21. The molecule has 0 radical (unpaired) electrons. The monoisotopic (exact) mass is 377 g/mol. The number of carbonyl (C=O) groups excluding carboxylic acids is 1. The largest absolute Gasteiger partial charge is 0.378 e. The molecule has 1 aromatic heterocycles. The Morgan fingerprint density at radius 1 is 1.14 bits per heavy atom. The Hall–Kier alpha value is -3.12. The standard InChI is InChI=1S/C22H23N3O3/c1-15-11-17-12-16(5-6-20(17)24-22(15)27)13-21(26)23-18-3-2-4-19(14-18)25-7-9-28-10-8-25/h2-6,11-12,14H,7-10,13H2,1H3,(H,23,26)(H,24,27). The van der Waals surface area contributed by atoms with Gasteiger partial charge in [-0.25, -0.2) is 0 Å². The van der Waals surface area contributed by atoms with Gasteiger partial charge in [0.05, 0.1) is 19.6 Å². The number of fused-ring (bicyclic) bond motifs is 1. The molecule has 6 nitrogen and oxygen atoms in total. The van der Waals surface area contributed by atoms with Gasteiger partial charge in [-0.1, -0.05) is 12.1 Å². The number of rotatable bonds is 4. The Morgan fingerprint density at radius 2 is 1.96 bits per heavy atom. The third kappa shape index (κ3) is 4.07. The minimum Gasteiger partial charge on any atom is -0.378 e. The summed E-state index contributed by atoms with van der Waals surface area (Å²) >= 11 is 0. The van der Waals surface area contributed by atoms with E-state index in [0.29, 0.717) is 5.56 Å². The molecule has 4 rings (SSSR count). The van der Waals surface area contributed by atoms with Gasteiger partial charge in [0.25, 0.3) is 5.56 Å². The molecule has 3 aromatic rings. The van der Waals surface area contributed by atoms with Crippen molar-refractivity contribution >= 4 is 28.2 Å². The summed E-state index contributed by atoms with van der Waals surface area (Å²) in [7, 11) is 0. The number of aromatic nitrogens is 1. The lowest BCUT2D eigenvalue weighted by Gasteiger charge is -2.29. The molecule has 1 saturated heterocycles. The topological polar surface area (TPSA) is 74.4 Å². The van der Waals surface area contributed by atoms with Crippen LogP contribution in [0.4, 0.5) is 11.4 Å². The molecule has 2 heterocycles. The number of hydrogen-bond acceptors (Lipinski definition) is 4. The van der Waals surface area contributed by atoms with Gasteiger partial charge in [-0.2, -0.15) is 0 Å². The quantitative estimate of drug-likeness (QED) is 0.733. The summed E-state index contributed by atoms with van der Waals surface area (Å²) in [6, 6.07) is 15.4. The van der Waals surface area contributed by atoms with E-state index >= 15 is 0 Å². The fraction of sp³-hybridized carbons (Fsp3) is 0.273. The first kappa shape index (κ1) is 18.3. The van der Waals surface area contributed by atoms with Crippen LogP contribution in [0, 0.1) is 6.92 Å². The maximum Gasteiger partial charge on any atom is 0.251 e. The van der Waals surface area contributed by atoms with Crippen molar-refractivity contribution in [2.24, 2.45) is 0 Å². The molecule has 2 aromatic carbocycles. The van der Waals surface area contributed by atoms with Crippen molar-refractivity contribution in [2.75, 3.05) is 36.5 Å². The highest BCUT2D eigenvalue weighted by atomic mass is 16.5. The second-order valence-corrected chi connectivity index (χ2v) is 7.08. The number of pyridine rings is 1. The maximum absolute atomic E-state index is 12.5. The summed E-state index contributed by atoms with van der Waals surface area (Å²) in [5.41, 5.74) is 4.13. The van der Waals surface area contributed by atoms with Gasteiger partial charge in [0.1, 0.15) is 0 Å². The maximum atomic E-state index is 12.5. The van der Waals surface area contributed by atoms with E-state index in [-0.39, 0.29) is 17.9 Å². The van der Waals surface area contributed by atoms with Crippen molar-refractivity contribution in [3.63, 3.8) is 0 Å². The van der Waals surface area contributed by atoms with Crippen LogP contribution < -0.4 is 15.8 Å². The number of morpholine rings is 1. The Balaban J connectivity index is 1.46. The van der Waals surface area contributed by atoms with Gasteiger partial charge in [0.15, 0.2) is 0 Å². The smallest absolute Gasteiger partial charge is 0.251 e.